The Labute approximate surface area is 194 Å². The molecule has 0 N–H and O–H groups in total. The number of nitro benzene ring substituents is 1. The van der Waals surface area contributed by atoms with Gasteiger partial charge in [0, 0.05) is 22.8 Å². The predicted octanol–water partition coefficient (Wildman–Crippen LogP) is 4.97. The summed E-state index contributed by atoms with van der Waals surface area (Å²) in [7, 11) is 1.49. The maximum atomic E-state index is 13.2. The highest BCUT2D eigenvalue weighted by Crippen LogP contribution is 2.34. The Morgan fingerprint density at radius 1 is 1.15 bits per heavy atom. The molecule has 0 amide bonds. The van der Waals surface area contributed by atoms with E-state index in [4.69, 9.17) is 14.2 Å². The summed E-state index contributed by atoms with van der Waals surface area (Å²) in [5.74, 6) is -0.144. The zero-order valence-electron chi connectivity index (χ0n) is 18.3. The van der Waals surface area contributed by atoms with Crippen molar-refractivity contribution >= 4 is 23.6 Å². The Morgan fingerprint density at radius 3 is 2.59 bits per heavy atom. The number of methoxy groups -OCH3 is 1. The number of halogens is 1. The number of esters is 1. The molecule has 1 aliphatic heterocycles. The second kappa shape index (κ2) is 9.53. The molecule has 0 spiro atoms. The van der Waals surface area contributed by atoms with Crippen LogP contribution < -0.4 is 9.47 Å². The van der Waals surface area contributed by atoms with E-state index in [9.17, 15) is 19.3 Å². The van der Waals surface area contributed by atoms with Crippen LogP contribution in [0.25, 0.3) is 6.08 Å². The average Bonchev–Trinajstić information content (AvgIpc) is 3.19. The number of para-hydroxylation sites is 1. The van der Waals surface area contributed by atoms with Gasteiger partial charge in [0.05, 0.1) is 12.0 Å². The van der Waals surface area contributed by atoms with Gasteiger partial charge in [-0.3, -0.25) is 10.1 Å². The van der Waals surface area contributed by atoms with Crippen molar-refractivity contribution < 1.29 is 28.3 Å². The van der Waals surface area contributed by atoms with Crippen LogP contribution in [0.15, 0.2) is 71.4 Å². The zero-order valence-corrected chi connectivity index (χ0v) is 18.3. The predicted molar refractivity (Wildman–Crippen MR) is 122 cm³/mol. The average molecular weight is 462 g/mol. The van der Waals surface area contributed by atoms with Crippen LogP contribution in [0.4, 0.5) is 10.1 Å². The second-order valence-corrected chi connectivity index (χ2v) is 7.39. The first kappa shape index (κ1) is 22.7. The lowest BCUT2D eigenvalue weighted by atomic mass is 10.1. The lowest BCUT2D eigenvalue weighted by Crippen LogP contribution is -2.06. The summed E-state index contributed by atoms with van der Waals surface area (Å²) in [6.07, 6.45) is 1.51. The van der Waals surface area contributed by atoms with Crippen LogP contribution in [0.3, 0.4) is 0 Å². The van der Waals surface area contributed by atoms with Crippen molar-refractivity contribution in [3.8, 4) is 11.5 Å². The molecule has 0 radical (unpaired) electrons. The van der Waals surface area contributed by atoms with E-state index in [1.165, 1.54) is 43.5 Å². The molecule has 0 saturated heterocycles. The number of cyclic esters (lactones) is 1. The van der Waals surface area contributed by atoms with Crippen molar-refractivity contribution in [2.24, 2.45) is 4.99 Å². The molecule has 4 rings (SSSR count). The molecule has 1 heterocycles. The molecule has 0 aromatic heterocycles. The van der Waals surface area contributed by atoms with Crippen molar-refractivity contribution in [1.29, 1.82) is 0 Å². The van der Waals surface area contributed by atoms with Crippen LogP contribution in [0, 0.1) is 22.9 Å². The van der Waals surface area contributed by atoms with Crippen molar-refractivity contribution in [3.05, 3.63) is 105 Å². The minimum absolute atomic E-state index is 0.0332. The number of nitrogens with zero attached hydrogens (tertiary/aromatic N) is 2. The van der Waals surface area contributed by atoms with Crippen LogP contribution in [0.5, 0.6) is 11.5 Å². The number of hydrogen-bond acceptors (Lipinski definition) is 7. The van der Waals surface area contributed by atoms with E-state index in [1.807, 2.05) is 0 Å². The quantitative estimate of drug-likeness (QED) is 0.213. The summed E-state index contributed by atoms with van der Waals surface area (Å²) in [6, 6.07) is 15.4. The van der Waals surface area contributed by atoms with Gasteiger partial charge in [0.25, 0.3) is 5.69 Å². The van der Waals surface area contributed by atoms with E-state index in [0.29, 0.717) is 28.2 Å². The minimum Gasteiger partial charge on any atom is -0.493 e. The first-order valence-electron chi connectivity index (χ1n) is 10.2. The number of nitro groups is 1. The first-order valence-corrected chi connectivity index (χ1v) is 10.2. The molecule has 0 bridgehead atoms. The monoisotopic (exact) mass is 462 g/mol. The van der Waals surface area contributed by atoms with Gasteiger partial charge in [0.15, 0.2) is 17.2 Å². The maximum Gasteiger partial charge on any atom is 0.363 e. The fraction of sp³-hybridized carbons (Fsp3) is 0.120. The molecular weight excluding hydrogens is 443 g/mol. The molecule has 8 nitrogen and oxygen atoms in total. The van der Waals surface area contributed by atoms with E-state index in [2.05, 4.69) is 4.99 Å². The third kappa shape index (κ3) is 4.78. The number of benzene rings is 3. The van der Waals surface area contributed by atoms with Gasteiger partial charge in [-0.05, 0) is 48.9 Å². The third-order valence-electron chi connectivity index (χ3n) is 5.08. The van der Waals surface area contributed by atoms with Crippen molar-refractivity contribution in [3.63, 3.8) is 0 Å². The van der Waals surface area contributed by atoms with Crippen LogP contribution in [0.1, 0.15) is 22.3 Å². The lowest BCUT2D eigenvalue weighted by molar-refractivity contribution is -0.385. The maximum absolute atomic E-state index is 13.2. The SMILES string of the molecule is COc1cccc(/C=C2\N=C(c3ccc([N+](=O)[O-])c(C)c3)OC2=O)c1OCc1ccc(F)cc1. The van der Waals surface area contributed by atoms with E-state index in [0.717, 1.165) is 5.56 Å². The van der Waals surface area contributed by atoms with Gasteiger partial charge in [-0.2, -0.15) is 0 Å². The summed E-state index contributed by atoms with van der Waals surface area (Å²) in [6.45, 7) is 1.74. The van der Waals surface area contributed by atoms with Crippen molar-refractivity contribution in [2.45, 2.75) is 13.5 Å². The number of aryl methyl sites for hydroxylation is 1. The highest BCUT2D eigenvalue weighted by atomic mass is 19.1. The molecule has 172 valence electrons. The van der Waals surface area contributed by atoms with Gasteiger partial charge in [-0.25, -0.2) is 14.2 Å². The lowest BCUT2D eigenvalue weighted by Gasteiger charge is -2.13. The van der Waals surface area contributed by atoms with E-state index < -0.39 is 10.9 Å². The molecule has 0 fully saturated rings. The smallest absolute Gasteiger partial charge is 0.363 e. The van der Waals surface area contributed by atoms with Gasteiger partial charge in [-0.15, -0.1) is 0 Å². The summed E-state index contributed by atoms with van der Waals surface area (Å²) >= 11 is 0. The number of rotatable bonds is 7. The summed E-state index contributed by atoms with van der Waals surface area (Å²) in [5.41, 5.74) is 2.13. The number of carbonyl (C=O) groups excluding carboxylic acids is 1. The Balaban J connectivity index is 1.64. The molecule has 3 aromatic carbocycles. The topological polar surface area (TPSA) is 100 Å². The van der Waals surface area contributed by atoms with Gasteiger partial charge >= 0.3 is 5.97 Å². The number of aliphatic imine (C=N–C) groups is 1. The van der Waals surface area contributed by atoms with Crippen molar-refractivity contribution in [1.82, 2.24) is 0 Å². The largest absolute Gasteiger partial charge is 0.493 e. The molecule has 34 heavy (non-hydrogen) atoms. The molecular formula is C25H19FN2O6. The molecule has 0 saturated carbocycles. The van der Waals surface area contributed by atoms with Crippen LogP contribution >= 0.6 is 0 Å². The van der Waals surface area contributed by atoms with Crippen molar-refractivity contribution in [2.75, 3.05) is 7.11 Å². The Kier molecular flexibility index (Phi) is 6.35. The van der Waals surface area contributed by atoms with Crippen LogP contribution in [-0.4, -0.2) is 23.9 Å². The normalized spacial score (nSPS) is 14.0. The molecule has 0 aliphatic carbocycles. The fourth-order valence-corrected chi connectivity index (χ4v) is 3.37. The fourth-order valence-electron chi connectivity index (χ4n) is 3.37. The van der Waals surface area contributed by atoms with Crippen LogP contribution in [-0.2, 0) is 16.1 Å². The highest BCUT2D eigenvalue weighted by Gasteiger charge is 2.26. The van der Waals surface area contributed by atoms with Gasteiger partial charge in [0.1, 0.15) is 12.4 Å². The van der Waals surface area contributed by atoms with Crippen LogP contribution in [0.2, 0.25) is 0 Å². The first-order chi connectivity index (χ1) is 16.4. The number of ether oxygens (including phenoxy) is 3. The van der Waals surface area contributed by atoms with Gasteiger partial charge in [-0.1, -0.05) is 24.3 Å². The van der Waals surface area contributed by atoms with E-state index in [1.54, 1.807) is 37.3 Å². The molecule has 9 heteroatoms. The number of hydrogen-bond donors (Lipinski definition) is 0. The molecule has 1 aliphatic rings. The summed E-state index contributed by atoms with van der Waals surface area (Å²) < 4.78 is 29.8. The molecule has 0 unspecified atom stereocenters. The van der Waals surface area contributed by atoms with E-state index in [-0.39, 0.29) is 29.7 Å². The molecule has 3 aromatic rings. The van der Waals surface area contributed by atoms with Gasteiger partial charge < -0.3 is 14.2 Å². The Hall–Kier alpha value is -4.53. The standard InChI is InChI=1S/C25H19FN2O6/c1-15-12-18(8-11-21(15)28(30)31)24-27-20(25(29)34-24)13-17-4-3-5-22(32-2)23(17)33-14-16-6-9-19(26)10-7-16/h3-13H,14H2,1-2H3/b20-13-. The van der Waals surface area contributed by atoms with E-state index >= 15 is 0 Å². The summed E-state index contributed by atoms with van der Waals surface area (Å²) in [4.78, 5) is 27.3. The Bertz CT molecular complexity index is 1330. The second-order valence-electron chi connectivity index (χ2n) is 7.39. The highest BCUT2D eigenvalue weighted by molar-refractivity contribution is 6.13. The number of carbonyl (C=O) groups is 1. The zero-order chi connectivity index (χ0) is 24.2. The van der Waals surface area contributed by atoms with Gasteiger partial charge in [0.2, 0.25) is 5.90 Å². The summed E-state index contributed by atoms with van der Waals surface area (Å²) in [5, 5.41) is 11.0. The minimum atomic E-state index is -0.668. The third-order valence-corrected chi connectivity index (χ3v) is 5.08. The Morgan fingerprint density at radius 2 is 1.91 bits per heavy atom. The molecule has 0 atom stereocenters.